The van der Waals surface area contributed by atoms with Gasteiger partial charge in [0.05, 0.1) is 17.8 Å². The minimum absolute atomic E-state index is 0.0525. The number of nitrogens with two attached hydrogens (primary N) is 1. The lowest BCUT2D eigenvalue weighted by molar-refractivity contribution is -0.280. The smallest absolute Gasteiger partial charge is 0.298 e. The molecule has 0 radical (unpaired) electrons. The molecular weight excluding hydrogens is 354 g/mol. The third kappa shape index (κ3) is 13.5. The molecule has 0 aliphatic rings. The van der Waals surface area contributed by atoms with Gasteiger partial charge in [-0.15, -0.1) is 0 Å². The van der Waals surface area contributed by atoms with Gasteiger partial charge in [-0.2, -0.15) is 4.89 Å². The summed E-state index contributed by atoms with van der Waals surface area (Å²) in [5.41, 5.74) is -0.355. The van der Waals surface area contributed by atoms with Crippen LogP contribution in [0.15, 0.2) is 0 Å². The molecule has 0 amide bonds. The fourth-order valence-corrected chi connectivity index (χ4v) is 3.33. The van der Waals surface area contributed by atoms with Crippen LogP contribution in [0.2, 0.25) is 0 Å². The molecule has 0 atom stereocenters. The molecule has 0 aromatic carbocycles. The Bertz CT molecular complexity index is 500. The molecule has 0 saturated carbocycles. The van der Waals surface area contributed by atoms with Gasteiger partial charge in [0.2, 0.25) is 10.0 Å². The summed E-state index contributed by atoms with van der Waals surface area (Å²) in [5, 5.41) is 5.01. The van der Waals surface area contributed by atoms with Crippen LogP contribution in [0, 0.1) is 10.8 Å². The van der Waals surface area contributed by atoms with Gasteiger partial charge in [0.25, 0.3) is 0 Å². The minimum Gasteiger partial charge on any atom is -0.298 e. The molecule has 0 fully saturated rings. The fraction of sp³-hybridized carbons (Fsp3) is 0.947. The summed E-state index contributed by atoms with van der Waals surface area (Å²) in [6.07, 6.45) is 8.07. The maximum atomic E-state index is 12.0. The van der Waals surface area contributed by atoms with Crippen LogP contribution in [0.3, 0.4) is 0 Å². The number of primary sulfonamides is 1. The highest BCUT2D eigenvalue weighted by molar-refractivity contribution is 7.89. The first kappa shape index (κ1) is 25.3. The lowest BCUT2D eigenvalue weighted by atomic mass is 9.82. The molecule has 0 aromatic rings. The van der Waals surface area contributed by atoms with Gasteiger partial charge in [-0.3, -0.25) is 4.89 Å². The van der Waals surface area contributed by atoms with Crippen molar-refractivity contribution in [3.8, 4) is 0 Å². The third-order valence-electron chi connectivity index (χ3n) is 4.71. The third-order valence-corrected chi connectivity index (χ3v) is 5.56. The van der Waals surface area contributed by atoms with E-state index < -0.39 is 15.4 Å². The normalized spacial score (nSPS) is 13.0. The summed E-state index contributed by atoms with van der Waals surface area (Å²) in [6.45, 7) is 10.6. The molecule has 0 unspecified atom stereocenters. The van der Waals surface area contributed by atoms with Crippen molar-refractivity contribution in [2.24, 2.45) is 16.0 Å². The van der Waals surface area contributed by atoms with Crippen molar-refractivity contribution >= 4 is 16.0 Å². The molecule has 2 N–H and O–H groups in total. The molecule has 6 nitrogen and oxygen atoms in total. The Morgan fingerprint density at radius 3 is 2.04 bits per heavy atom. The zero-order valence-electron chi connectivity index (χ0n) is 17.3. The van der Waals surface area contributed by atoms with E-state index in [-0.39, 0.29) is 17.1 Å². The summed E-state index contributed by atoms with van der Waals surface area (Å²) in [4.78, 5) is 22.0. The van der Waals surface area contributed by atoms with E-state index in [9.17, 15) is 13.2 Å². The van der Waals surface area contributed by atoms with E-state index in [1.807, 2.05) is 13.8 Å². The van der Waals surface area contributed by atoms with Crippen molar-refractivity contribution in [1.29, 1.82) is 0 Å². The van der Waals surface area contributed by atoms with Gasteiger partial charge >= 0.3 is 5.97 Å². The van der Waals surface area contributed by atoms with E-state index in [1.54, 1.807) is 0 Å². The van der Waals surface area contributed by atoms with Crippen LogP contribution in [0.4, 0.5) is 0 Å². The zero-order valence-corrected chi connectivity index (χ0v) is 18.1. The van der Waals surface area contributed by atoms with Crippen molar-refractivity contribution in [2.75, 3.05) is 12.4 Å². The highest BCUT2D eigenvalue weighted by atomic mass is 32.2. The van der Waals surface area contributed by atoms with Crippen molar-refractivity contribution in [3.63, 3.8) is 0 Å². The van der Waals surface area contributed by atoms with Gasteiger partial charge in [0, 0.05) is 0 Å². The van der Waals surface area contributed by atoms with Crippen LogP contribution < -0.4 is 5.14 Å². The molecule has 0 aromatic heterocycles. The summed E-state index contributed by atoms with van der Waals surface area (Å²) in [6, 6.07) is 0. The summed E-state index contributed by atoms with van der Waals surface area (Å²) >= 11 is 0. The first-order valence-electron chi connectivity index (χ1n) is 9.74. The van der Waals surface area contributed by atoms with Crippen LogP contribution in [0.25, 0.3) is 0 Å². The molecule has 156 valence electrons. The highest BCUT2D eigenvalue weighted by Crippen LogP contribution is 2.29. The Morgan fingerprint density at radius 1 is 0.923 bits per heavy atom. The van der Waals surface area contributed by atoms with E-state index in [4.69, 9.17) is 14.9 Å². The fourth-order valence-electron chi connectivity index (χ4n) is 2.73. The number of sulfonamides is 1. The first-order chi connectivity index (χ1) is 11.9. The Kier molecular flexibility index (Phi) is 11.6. The molecule has 0 heterocycles. The van der Waals surface area contributed by atoms with Gasteiger partial charge in [-0.05, 0) is 51.4 Å². The van der Waals surface area contributed by atoms with Gasteiger partial charge < -0.3 is 0 Å². The standard InChI is InChI=1S/C19H39NO5S/c1-6-7-14-19(4,5)17(21)25-24-15-10-8-12-18(2,3)13-9-11-16-26(20,22)23/h6-16H2,1-5H3,(H2,20,22,23). The quantitative estimate of drug-likeness (QED) is 0.254. The monoisotopic (exact) mass is 393 g/mol. The highest BCUT2D eigenvalue weighted by Gasteiger charge is 2.29. The van der Waals surface area contributed by atoms with Crippen LogP contribution in [-0.4, -0.2) is 26.7 Å². The average Bonchev–Trinajstić information content (AvgIpc) is 2.52. The van der Waals surface area contributed by atoms with Gasteiger partial charge in [0.15, 0.2) is 0 Å². The number of carbonyl (C=O) groups excluding carboxylic acids is 1. The van der Waals surface area contributed by atoms with Gasteiger partial charge in [-0.25, -0.2) is 18.4 Å². The first-order valence-corrected chi connectivity index (χ1v) is 11.5. The second kappa shape index (κ2) is 11.9. The van der Waals surface area contributed by atoms with Crippen LogP contribution in [-0.2, 0) is 24.6 Å². The van der Waals surface area contributed by atoms with E-state index in [0.717, 1.165) is 51.4 Å². The number of hydrogen-bond acceptors (Lipinski definition) is 5. The molecule has 0 rings (SSSR count). The summed E-state index contributed by atoms with van der Waals surface area (Å²) in [7, 11) is -3.35. The molecule has 0 aliphatic heterocycles. The number of hydrogen-bond donors (Lipinski definition) is 1. The Hall–Kier alpha value is -0.660. The molecule has 0 aliphatic carbocycles. The SMILES string of the molecule is CCCCC(C)(C)C(=O)OOCCCCC(C)(C)CCCCS(N)(=O)=O. The van der Waals surface area contributed by atoms with E-state index in [1.165, 1.54) is 0 Å². The zero-order chi connectivity index (χ0) is 20.3. The average molecular weight is 394 g/mol. The number of unbranched alkanes of at least 4 members (excludes halogenated alkanes) is 3. The number of carbonyl (C=O) groups is 1. The predicted octanol–water partition coefficient (Wildman–Crippen LogP) is 4.33. The van der Waals surface area contributed by atoms with Crippen molar-refractivity contribution in [3.05, 3.63) is 0 Å². The van der Waals surface area contributed by atoms with Crippen molar-refractivity contribution in [1.82, 2.24) is 0 Å². The summed E-state index contributed by atoms with van der Waals surface area (Å²) < 4.78 is 21.8. The maximum absolute atomic E-state index is 12.0. The Morgan fingerprint density at radius 2 is 1.50 bits per heavy atom. The van der Waals surface area contributed by atoms with Crippen molar-refractivity contribution in [2.45, 2.75) is 92.4 Å². The predicted molar refractivity (Wildman–Crippen MR) is 105 cm³/mol. The molecule has 0 saturated heterocycles. The topological polar surface area (TPSA) is 95.7 Å². The second-order valence-corrected chi connectivity index (χ2v) is 10.4. The van der Waals surface area contributed by atoms with Crippen LogP contribution in [0.1, 0.15) is 92.4 Å². The van der Waals surface area contributed by atoms with Gasteiger partial charge in [0.1, 0.15) is 0 Å². The second-order valence-electron chi connectivity index (χ2n) is 8.63. The minimum atomic E-state index is -3.35. The number of rotatable bonds is 15. The Labute approximate surface area is 160 Å². The Balaban J connectivity index is 3.82. The molecule has 0 bridgehead atoms. The largest absolute Gasteiger partial charge is 0.347 e. The van der Waals surface area contributed by atoms with E-state index in [2.05, 4.69) is 20.8 Å². The maximum Gasteiger partial charge on any atom is 0.347 e. The van der Waals surface area contributed by atoms with Crippen molar-refractivity contribution < 1.29 is 23.0 Å². The lowest BCUT2D eigenvalue weighted by Crippen LogP contribution is -2.26. The van der Waals surface area contributed by atoms with E-state index in [0.29, 0.717) is 13.0 Å². The lowest BCUT2D eigenvalue weighted by Gasteiger charge is -2.24. The van der Waals surface area contributed by atoms with Crippen LogP contribution >= 0.6 is 0 Å². The molecular formula is C19H39NO5S. The van der Waals surface area contributed by atoms with Crippen LogP contribution in [0.5, 0.6) is 0 Å². The summed E-state index contributed by atoms with van der Waals surface area (Å²) in [5.74, 6) is -0.252. The molecule has 26 heavy (non-hydrogen) atoms. The van der Waals surface area contributed by atoms with E-state index >= 15 is 0 Å². The molecule has 7 heteroatoms. The van der Waals surface area contributed by atoms with Gasteiger partial charge in [-0.1, -0.05) is 46.5 Å². The molecule has 0 spiro atoms.